The number of likely N-dealkylation sites (N-methyl/N-ethyl adjacent to an activating group) is 1. The number of benzene rings is 1. The molecule has 2 unspecified atom stereocenters. The molecule has 0 amide bonds. The molecular weight excluding hydrogens is 246 g/mol. The van der Waals surface area contributed by atoms with E-state index in [1.54, 1.807) is 7.11 Å². The highest BCUT2D eigenvalue weighted by atomic mass is 32.2. The van der Waals surface area contributed by atoms with E-state index in [0.717, 1.165) is 18.0 Å². The van der Waals surface area contributed by atoms with Gasteiger partial charge in [-0.05, 0) is 24.7 Å². The molecule has 1 aromatic rings. The predicted molar refractivity (Wildman–Crippen MR) is 76.8 cm³/mol. The summed E-state index contributed by atoms with van der Waals surface area (Å²) >= 11 is 1.99. The van der Waals surface area contributed by atoms with E-state index in [9.17, 15) is 0 Å². The topological polar surface area (TPSA) is 50.5 Å². The summed E-state index contributed by atoms with van der Waals surface area (Å²) in [6, 6.07) is 8.72. The van der Waals surface area contributed by atoms with Crippen molar-refractivity contribution in [1.82, 2.24) is 10.3 Å². The van der Waals surface area contributed by atoms with E-state index in [1.165, 1.54) is 11.3 Å². The maximum atomic E-state index is 5.75. The zero-order chi connectivity index (χ0) is 13.0. The highest BCUT2D eigenvalue weighted by Crippen LogP contribution is 2.27. The van der Waals surface area contributed by atoms with Gasteiger partial charge in [-0.3, -0.25) is 16.2 Å². The number of thioether (sulfide) groups is 1. The van der Waals surface area contributed by atoms with Gasteiger partial charge in [0, 0.05) is 24.1 Å². The molecule has 1 fully saturated rings. The average molecular weight is 267 g/mol. The third-order valence-electron chi connectivity index (χ3n) is 3.48. The van der Waals surface area contributed by atoms with Gasteiger partial charge in [0.15, 0.2) is 0 Å². The van der Waals surface area contributed by atoms with E-state index in [2.05, 4.69) is 29.5 Å². The van der Waals surface area contributed by atoms with Crippen LogP contribution in [0, 0.1) is 0 Å². The van der Waals surface area contributed by atoms with Crippen LogP contribution in [0.25, 0.3) is 0 Å². The number of nitrogens with zero attached hydrogens (tertiary/aromatic N) is 1. The van der Waals surface area contributed by atoms with Crippen LogP contribution in [-0.2, 0) is 0 Å². The molecule has 0 spiro atoms. The number of ether oxygens (including phenoxy) is 1. The molecule has 0 aliphatic carbocycles. The minimum atomic E-state index is 0.161. The second-order valence-corrected chi connectivity index (χ2v) is 5.69. The van der Waals surface area contributed by atoms with Crippen LogP contribution in [0.15, 0.2) is 24.3 Å². The van der Waals surface area contributed by atoms with Gasteiger partial charge in [0.2, 0.25) is 0 Å². The fourth-order valence-corrected chi connectivity index (χ4v) is 3.57. The van der Waals surface area contributed by atoms with Crippen LogP contribution in [-0.4, -0.2) is 43.1 Å². The zero-order valence-corrected chi connectivity index (χ0v) is 11.7. The van der Waals surface area contributed by atoms with E-state index in [4.69, 9.17) is 10.6 Å². The van der Waals surface area contributed by atoms with Crippen LogP contribution in [0.5, 0.6) is 5.75 Å². The Kier molecular flexibility index (Phi) is 4.88. The molecular formula is C13H21N3OS. The number of rotatable bonds is 4. The standard InChI is InChI=1S/C13H21N3OS/c1-16-7-8-18-9-12(16)13(15-14)10-3-5-11(17-2)6-4-10/h3-6,12-13,15H,7-9,14H2,1-2H3. The first-order chi connectivity index (χ1) is 8.76. The minimum Gasteiger partial charge on any atom is -0.497 e. The summed E-state index contributed by atoms with van der Waals surface area (Å²) in [7, 11) is 3.84. The Morgan fingerprint density at radius 1 is 1.44 bits per heavy atom. The number of nitrogens with one attached hydrogen (secondary N) is 1. The molecule has 1 heterocycles. The van der Waals surface area contributed by atoms with Crippen molar-refractivity contribution >= 4 is 11.8 Å². The molecule has 5 heteroatoms. The lowest BCUT2D eigenvalue weighted by molar-refractivity contribution is 0.216. The fraction of sp³-hybridized carbons (Fsp3) is 0.538. The van der Waals surface area contributed by atoms with E-state index in [-0.39, 0.29) is 6.04 Å². The molecule has 0 saturated carbocycles. The third-order valence-corrected chi connectivity index (χ3v) is 4.53. The van der Waals surface area contributed by atoms with Gasteiger partial charge in [-0.25, -0.2) is 0 Å². The summed E-state index contributed by atoms with van der Waals surface area (Å²) in [6.07, 6.45) is 0. The molecule has 2 rings (SSSR count). The lowest BCUT2D eigenvalue weighted by Gasteiger charge is -2.37. The first kappa shape index (κ1) is 13.7. The van der Waals surface area contributed by atoms with Crippen LogP contribution in [0.3, 0.4) is 0 Å². The van der Waals surface area contributed by atoms with E-state index < -0.39 is 0 Å². The Bertz CT molecular complexity index is 371. The highest BCUT2D eigenvalue weighted by Gasteiger charge is 2.28. The van der Waals surface area contributed by atoms with Crippen LogP contribution < -0.4 is 16.0 Å². The van der Waals surface area contributed by atoms with E-state index in [0.29, 0.717) is 6.04 Å². The minimum absolute atomic E-state index is 0.161. The summed E-state index contributed by atoms with van der Waals surface area (Å²) < 4.78 is 5.18. The molecule has 1 aliphatic heterocycles. The summed E-state index contributed by atoms with van der Waals surface area (Å²) in [5, 5.41) is 0. The van der Waals surface area contributed by atoms with Crippen LogP contribution >= 0.6 is 11.8 Å². The molecule has 100 valence electrons. The highest BCUT2D eigenvalue weighted by molar-refractivity contribution is 7.99. The van der Waals surface area contributed by atoms with Gasteiger partial charge in [-0.1, -0.05) is 12.1 Å². The average Bonchev–Trinajstić information content (AvgIpc) is 2.42. The second-order valence-electron chi connectivity index (χ2n) is 4.54. The van der Waals surface area contributed by atoms with Crippen molar-refractivity contribution in [3.63, 3.8) is 0 Å². The van der Waals surface area contributed by atoms with Crippen LogP contribution in [0.4, 0.5) is 0 Å². The molecule has 0 bridgehead atoms. The Morgan fingerprint density at radius 3 is 2.72 bits per heavy atom. The SMILES string of the molecule is COc1ccc(C(NN)C2CSCCN2C)cc1. The van der Waals surface area contributed by atoms with Gasteiger partial charge in [0.1, 0.15) is 5.75 Å². The molecule has 18 heavy (non-hydrogen) atoms. The number of hydrazine groups is 1. The summed E-state index contributed by atoms with van der Waals surface area (Å²) in [5.74, 6) is 8.94. The summed E-state index contributed by atoms with van der Waals surface area (Å²) in [6.45, 7) is 1.11. The van der Waals surface area contributed by atoms with Crippen LogP contribution in [0.2, 0.25) is 0 Å². The lowest BCUT2D eigenvalue weighted by atomic mass is 9.99. The van der Waals surface area contributed by atoms with Crippen molar-refractivity contribution < 1.29 is 4.74 Å². The maximum absolute atomic E-state index is 5.75. The smallest absolute Gasteiger partial charge is 0.118 e. The molecule has 2 atom stereocenters. The zero-order valence-electron chi connectivity index (χ0n) is 10.9. The van der Waals surface area contributed by atoms with Crippen molar-refractivity contribution in [3.05, 3.63) is 29.8 Å². The normalized spacial score (nSPS) is 22.7. The third kappa shape index (κ3) is 2.98. The number of nitrogens with two attached hydrogens (primary N) is 1. The molecule has 0 aromatic heterocycles. The van der Waals surface area contributed by atoms with Gasteiger partial charge in [-0.2, -0.15) is 11.8 Å². The Balaban J connectivity index is 2.15. The Labute approximate surface area is 113 Å². The molecule has 1 aliphatic rings. The van der Waals surface area contributed by atoms with E-state index in [1.807, 2.05) is 23.9 Å². The lowest BCUT2D eigenvalue weighted by Crippen LogP contribution is -2.49. The quantitative estimate of drug-likeness (QED) is 0.635. The molecule has 0 radical (unpaired) electrons. The molecule has 3 N–H and O–H groups in total. The summed E-state index contributed by atoms with van der Waals surface area (Å²) in [5.41, 5.74) is 4.17. The Hall–Kier alpha value is -0.750. The molecule has 1 aromatic carbocycles. The predicted octanol–water partition coefficient (Wildman–Crippen LogP) is 1.25. The van der Waals surface area contributed by atoms with Gasteiger partial charge in [-0.15, -0.1) is 0 Å². The maximum Gasteiger partial charge on any atom is 0.118 e. The Morgan fingerprint density at radius 2 is 2.17 bits per heavy atom. The van der Waals surface area contributed by atoms with Crippen molar-refractivity contribution in [3.8, 4) is 5.75 Å². The molecule has 1 saturated heterocycles. The van der Waals surface area contributed by atoms with Gasteiger partial charge in [0.05, 0.1) is 13.2 Å². The number of methoxy groups -OCH3 is 1. The summed E-state index contributed by atoms with van der Waals surface area (Å²) in [4.78, 5) is 2.38. The first-order valence-corrected chi connectivity index (χ1v) is 7.30. The monoisotopic (exact) mass is 267 g/mol. The molecule has 4 nitrogen and oxygen atoms in total. The van der Waals surface area contributed by atoms with Crippen LogP contribution in [0.1, 0.15) is 11.6 Å². The number of hydrogen-bond acceptors (Lipinski definition) is 5. The van der Waals surface area contributed by atoms with E-state index >= 15 is 0 Å². The van der Waals surface area contributed by atoms with Gasteiger partial charge in [0.25, 0.3) is 0 Å². The van der Waals surface area contributed by atoms with Crippen molar-refractivity contribution in [2.75, 3.05) is 32.2 Å². The van der Waals surface area contributed by atoms with Gasteiger partial charge >= 0.3 is 0 Å². The van der Waals surface area contributed by atoms with Crippen molar-refractivity contribution in [2.45, 2.75) is 12.1 Å². The van der Waals surface area contributed by atoms with Crippen molar-refractivity contribution in [1.29, 1.82) is 0 Å². The largest absolute Gasteiger partial charge is 0.497 e. The van der Waals surface area contributed by atoms with Crippen molar-refractivity contribution in [2.24, 2.45) is 5.84 Å². The van der Waals surface area contributed by atoms with Gasteiger partial charge < -0.3 is 4.74 Å². The fourth-order valence-electron chi connectivity index (χ4n) is 2.30. The number of hydrogen-bond donors (Lipinski definition) is 2. The first-order valence-electron chi connectivity index (χ1n) is 6.14. The second kappa shape index (κ2) is 6.43.